The number of nitrogens with one attached hydrogen (secondary N) is 3. The van der Waals surface area contributed by atoms with E-state index in [1.165, 1.54) is 7.05 Å². The molecule has 0 atom stereocenters. The van der Waals surface area contributed by atoms with Crippen LogP contribution in [-0.2, 0) is 11.8 Å². The summed E-state index contributed by atoms with van der Waals surface area (Å²) in [6, 6.07) is 6.77. The number of nitrogens with zero attached hydrogens (tertiary/aromatic N) is 4. The fourth-order valence-electron chi connectivity index (χ4n) is 1.66. The summed E-state index contributed by atoms with van der Waals surface area (Å²) in [4.78, 5) is 22.5. The molecule has 0 spiro atoms. The number of benzene rings is 1. The van der Waals surface area contributed by atoms with Crippen LogP contribution < -0.4 is 16.0 Å². The molecule has 110 valence electrons. The van der Waals surface area contributed by atoms with E-state index >= 15 is 0 Å². The van der Waals surface area contributed by atoms with Gasteiger partial charge in [0.25, 0.3) is 0 Å². The molecule has 21 heavy (non-hydrogen) atoms. The number of imide groups is 1. The lowest BCUT2D eigenvalue weighted by atomic mass is 10.2. The van der Waals surface area contributed by atoms with Gasteiger partial charge in [0.15, 0.2) is 5.82 Å². The number of urea groups is 1. The number of anilines is 1. The zero-order valence-electron chi connectivity index (χ0n) is 11.6. The minimum atomic E-state index is -0.541. The summed E-state index contributed by atoms with van der Waals surface area (Å²) in [6.07, 6.45) is 0. The Morgan fingerprint density at radius 2 is 2.14 bits per heavy atom. The van der Waals surface area contributed by atoms with Crippen LogP contribution in [0.3, 0.4) is 0 Å². The molecule has 0 saturated heterocycles. The number of carbonyl (C=O) groups excluding carboxylic acids is 2. The summed E-state index contributed by atoms with van der Waals surface area (Å²) in [5.74, 6) is 0.188. The minimum Gasteiger partial charge on any atom is -0.376 e. The van der Waals surface area contributed by atoms with Crippen LogP contribution in [0.1, 0.15) is 0 Å². The summed E-state index contributed by atoms with van der Waals surface area (Å²) in [5.41, 5.74) is 1.54. The van der Waals surface area contributed by atoms with Crippen molar-refractivity contribution < 1.29 is 9.59 Å². The quantitative estimate of drug-likeness (QED) is 0.715. The molecule has 3 N–H and O–H groups in total. The third-order valence-corrected chi connectivity index (χ3v) is 2.67. The van der Waals surface area contributed by atoms with E-state index in [-0.39, 0.29) is 6.54 Å². The van der Waals surface area contributed by atoms with Crippen molar-refractivity contribution in [3.05, 3.63) is 24.3 Å². The van der Waals surface area contributed by atoms with Crippen molar-refractivity contribution in [1.29, 1.82) is 0 Å². The van der Waals surface area contributed by atoms with Gasteiger partial charge < -0.3 is 10.6 Å². The van der Waals surface area contributed by atoms with Gasteiger partial charge in [-0.2, -0.15) is 0 Å². The molecule has 0 aliphatic rings. The van der Waals surface area contributed by atoms with Gasteiger partial charge in [-0.3, -0.25) is 10.1 Å². The van der Waals surface area contributed by atoms with Gasteiger partial charge in [-0.25, -0.2) is 9.48 Å². The van der Waals surface area contributed by atoms with Gasteiger partial charge in [0, 0.05) is 25.3 Å². The maximum atomic E-state index is 11.5. The van der Waals surface area contributed by atoms with Gasteiger partial charge in [-0.05, 0) is 22.6 Å². The first-order valence-corrected chi connectivity index (χ1v) is 6.18. The first kappa shape index (κ1) is 14.4. The van der Waals surface area contributed by atoms with Crippen LogP contribution in [0.25, 0.3) is 11.4 Å². The number of hydrogen-bond acceptors (Lipinski definition) is 6. The molecule has 0 saturated carbocycles. The Morgan fingerprint density at radius 1 is 1.33 bits per heavy atom. The summed E-state index contributed by atoms with van der Waals surface area (Å²) >= 11 is 0. The summed E-state index contributed by atoms with van der Waals surface area (Å²) < 4.78 is 1.55. The predicted molar refractivity (Wildman–Crippen MR) is 75.3 cm³/mol. The number of tetrazole rings is 1. The first-order chi connectivity index (χ1) is 10.1. The highest BCUT2D eigenvalue weighted by Crippen LogP contribution is 2.19. The molecule has 1 aromatic heterocycles. The zero-order chi connectivity index (χ0) is 15.2. The topological polar surface area (TPSA) is 114 Å². The average Bonchev–Trinajstić information content (AvgIpc) is 2.91. The third-order valence-electron chi connectivity index (χ3n) is 2.67. The normalized spacial score (nSPS) is 10.0. The van der Waals surface area contributed by atoms with Crippen molar-refractivity contribution >= 4 is 17.6 Å². The van der Waals surface area contributed by atoms with E-state index in [1.807, 2.05) is 18.2 Å². The van der Waals surface area contributed by atoms with Crippen molar-refractivity contribution in [2.45, 2.75) is 0 Å². The van der Waals surface area contributed by atoms with Crippen molar-refractivity contribution in [1.82, 2.24) is 30.8 Å². The van der Waals surface area contributed by atoms with E-state index in [1.54, 1.807) is 17.8 Å². The number of rotatable bonds is 4. The zero-order valence-corrected chi connectivity index (χ0v) is 11.6. The molecule has 9 heteroatoms. The molecule has 2 aromatic rings. The number of hydrogen-bond donors (Lipinski definition) is 3. The van der Waals surface area contributed by atoms with Crippen LogP contribution in [0.2, 0.25) is 0 Å². The highest BCUT2D eigenvalue weighted by atomic mass is 16.2. The van der Waals surface area contributed by atoms with Gasteiger partial charge in [-0.15, -0.1) is 5.10 Å². The molecular formula is C12H15N7O2. The van der Waals surface area contributed by atoms with Crippen molar-refractivity contribution in [3.63, 3.8) is 0 Å². The molecule has 0 aliphatic carbocycles. The molecule has 1 heterocycles. The average molecular weight is 289 g/mol. The molecule has 9 nitrogen and oxygen atoms in total. The molecule has 0 aliphatic heterocycles. The Labute approximate surface area is 120 Å². The Bertz CT molecular complexity index is 653. The smallest absolute Gasteiger partial charge is 0.321 e. The van der Waals surface area contributed by atoms with Crippen molar-refractivity contribution in [2.24, 2.45) is 7.05 Å². The maximum Gasteiger partial charge on any atom is 0.321 e. The molecule has 2 rings (SSSR count). The third kappa shape index (κ3) is 3.75. The van der Waals surface area contributed by atoms with Crippen LogP contribution in [0.15, 0.2) is 24.3 Å². The highest BCUT2D eigenvalue weighted by molar-refractivity contribution is 5.96. The van der Waals surface area contributed by atoms with Crippen LogP contribution in [0.4, 0.5) is 10.5 Å². The second-order valence-corrected chi connectivity index (χ2v) is 4.19. The SMILES string of the molecule is CNC(=O)NC(=O)CNc1cccc(-c2nnnn2C)c1. The second kappa shape index (κ2) is 6.46. The monoisotopic (exact) mass is 289 g/mol. The fourth-order valence-corrected chi connectivity index (χ4v) is 1.66. The molecular weight excluding hydrogens is 274 g/mol. The van der Waals surface area contributed by atoms with Gasteiger partial charge in [-0.1, -0.05) is 12.1 Å². The number of carbonyl (C=O) groups is 2. The first-order valence-electron chi connectivity index (χ1n) is 6.18. The largest absolute Gasteiger partial charge is 0.376 e. The van der Waals surface area contributed by atoms with Crippen molar-refractivity contribution in [2.75, 3.05) is 18.9 Å². The Morgan fingerprint density at radius 3 is 2.81 bits per heavy atom. The minimum absolute atomic E-state index is 0.0199. The van der Waals surface area contributed by atoms with E-state index in [9.17, 15) is 9.59 Å². The Balaban J connectivity index is 2.00. The Hall–Kier alpha value is -2.97. The second-order valence-electron chi connectivity index (χ2n) is 4.19. The molecule has 0 unspecified atom stereocenters. The van der Waals surface area contributed by atoms with E-state index in [4.69, 9.17) is 0 Å². The van der Waals surface area contributed by atoms with Crippen molar-refractivity contribution in [3.8, 4) is 11.4 Å². The van der Waals surface area contributed by atoms with Crippen LogP contribution >= 0.6 is 0 Å². The fraction of sp³-hybridized carbons (Fsp3) is 0.250. The molecule has 0 bridgehead atoms. The van der Waals surface area contributed by atoms with E-state index < -0.39 is 11.9 Å². The van der Waals surface area contributed by atoms with Crippen LogP contribution in [0.5, 0.6) is 0 Å². The predicted octanol–water partition coefficient (Wildman–Crippen LogP) is -0.255. The van der Waals surface area contributed by atoms with E-state index in [0.717, 1.165) is 11.3 Å². The molecule has 3 amide bonds. The number of aryl methyl sites for hydroxylation is 1. The molecule has 0 radical (unpaired) electrons. The lowest BCUT2D eigenvalue weighted by Gasteiger charge is -2.08. The van der Waals surface area contributed by atoms with Gasteiger partial charge in [0.1, 0.15) is 0 Å². The van der Waals surface area contributed by atoms with Crippen LogP contribution in [-0.4, -0.2) is 45.7 Å². The number of amides is 3. The lowest BCUT2D eigenvalue weighted by Crippen LogP contribution is -2.40. The van der Waals surface area contributed by atoms with Gasteiger partial charge in [0.05, 0.1) is 6.54 Å². The summed E-state index contributed by atoms with van der Waals surface area (Å²) in [5, 5.41) is 18.7. The van der Waals surface area contributed by atoms with E-state index in [2.05, 4.69) is 31.5 Å². The summed E-state index contributed by atoms with van der Waals surface area (Å²) in [6.45, 7) is -0.0199. The standard InChI is InChI=1S/C12H15N7O2/c1-13-12(21)15-10(20)7-14-9-5-3-4-8(6-9)11-16-17-18-19(11)2/h3-6,14H,7H2,1-2H3,(H2,13,15,20,21). The number of aromatic nitrogens is 4. The van der Waals surface area contributed by atoms with Gasteiger partial charge in [0.2, 0.25) is 5.91 Å². The van der Waals surface area contributed by atoms with E-state index in [0.29, 0.717) is 5.82 Å². The molecule has 1 aromatic carbocycles. The maximum absolute atomic E-state index is 11.5. The highest BCUT2D eigenvalue weighted by Gasteiger charge is 2.08. The Kier molecular flexibility index (Phi) is 4.44. The van der Waals surface area contributed by atoms with Crippen LogP contribution in [0, 0.1) is 0 Å². The summed E-state index contributed by atoms with van der Waals surface area (Å²) in [7, 11) is 3.18. The molecule has 0 fully saturated rings. The van der Waals surface area contributed by atoms with Gasteiger partial charge >= 0.3 is 6.03 Å². The lowest BCUT2D eigenvalue weighted by molar-refractivity contribution is -0.118.